The smallest absolute Gasteiger partial charge is 0.246 e. The Balaban J connectivity index is 1.55. The van der Waals surface area contributed by atoms with E-state index in [1.165, 1.54) is 5.69 Å². The van der Waals surface area contributed by atoms with Crippen molar-refractivity contribution in [3.05, 3.63) is 60.6 Å². The number of hydrogen-bond acceptors (Lipinski definition) is 3. The van der Waals surface area contributed by atoms with Gasteiger partial charge in [0.1, 0.15) is 5.76 Å². The third-order valence-corrected chi connectivity index (χ3v) is 3.65. The zero-order valence-corrected chi connectivity index (χ0v) is 11.8. The maximum Gasteiger partial charge on any atom is 0.246 e. The first-order valence-electron chi connectivity index (χ1n) is 7.13. The number of piperazine rings is 1. The largest absolute Gasteiger partial charge is 0.465 e. The van der Waals surface area contributed by atoms with Gasteiger partial charge in [0.2, 0.25) is 5.91 Å². The van der Waals surface area contributed by atoms with Gasteiger partial charge in [0.25, 0.3) is 0 Å². The van der Waals surface area contributed by atoms with Gasteiger partial charge in [-0.1, -0.05) is 18.2 Å². The summed E-state index contributed by atoms with van der Waals surface area (Å²) < 4.78 is 5.18. The molecule has 1 aliphatic rings. The molecule has 1 aromatic heterocycles. The lowest BCUT2D eigenvalue weighted by Gasteiger charge is -2.35. The van der Waals surface area contributed by atoms with Gasteiger partial charge < -0.3 is 14.2 Å². The van der Waals surface area contributed by atoms with E-state index in [9.17, 15) is 4.79 Å². The zero-order chi connectivity index (χ0) is 14.5. The standard InChI is InChI=1S/C17H18N2O2/c20-17(9-8-16-7-4-14-21-16)19-12-10-18(11-13-19)15-5-2-1-3-6-15/h1-9,14H,10-13H2/b9-8+. The van der Waals surface area contributed by atoms with Crippen LogP contribution in [0.3, 0.4) is 0 Å². The van der Waals surface area contributed by atoms with Crippen LogP contribution in [-0.2, 0) is 4.79 Å². The summed E-state index contributed by atoms with van der Waals surface area (Å²) in [6.45, 7) is 3.22. The molecule has 1 aromatic carbocycles. The highest BCUT2D eigenvalue weighted by Gasteiger charge is 2.19. The highest BCUT2D eigenvalue weighted by molar-refractivity contribution is 5.91. The van der Waals surface area contributed by atoms with Crippen LogP contribution >= 0.6 is 0 Å². The summed E-state index contributed by atoms with van der Waals surface area (Å²) >= 11 is 0. The Labute approximate surface area is 124 Å². The normalized spacial score (nSPS) is 15.6. The monoisotopic (exact) mass is 282 g/mol. The number of carbonyl (C=O) groups excluding carboxylic acids is 1. The van der Waals surface area contributed by atoms with Crippen LogP contribution in [0.25, 0.3) is 6.08 Å². The van der Waals surface area contributed by atoms with Crippen LogP contribution in [0.2, 0.25) is 0 Å². The van der Waals surface area contributed by atoms with Crippen LogP contribution < -0.4 is 4.90 Å². The molecule has 2 aromatic rings. The third kappa shape index (κ3) is 3.34. The highest BCUT2D eigenvalue weighted by Crippen LogP contribution is 2.15. The molecule has 1 saturated heterocycles. The van der Waals surface area contributed by atoms with E-state index in [1.807, 2.05) is 35.2 Å². The Bertz CT molecular complexity index is 597. The third-order valence-electron chi connectivity index (χ3n) is 3.65. The fraction of sp³-hybridized carbons (Fsp3) is 0.235. The Hall–Kier alpha value is -2.49. The van der Waals surface area contributed by atoms with Gasteiger partial charge in [-0.25, -0.2) is 0 Å². The van der Waals surface area contributed by atoms with Crippen molar-refractivity contribution in [2.75, 3.05) is 31.1 Å². The highest BCUT2D eigenvalue weighted by atomic mass is 16.3. The second-order valence-electron chi connectivity index (χ2n) is 5.00. The number of benzene rings is 1. The van der Waals surface area contributed by atoms with Crippen LogP contribution in [0.5, 0.6) is 0 Å². The molecule has 0 N–H and O–H groups in total. The lowest BCUT2D eigenvalue weighted by Crippen LogP contribution is -2.48. The van der Waals surface area contributed by atoms with E-state index in [2.05, 4.69) is 17.0 Å². The summed E-state index contributed by atoms with van der Waals surface area (Å²) in [7, 11) is 0. The first-order chi connectivity index (χ1) is 10.3. The molecule has 4 heteroatoms. The summed E-state index contributed by atoms with van der Waals surface area (Å²) in [6, 6.07) is 13.9. The van der Waals surface area contributed by atoms with Crippen molar-refractivity contribution in [3.63, 3.8) is 0 Å². The predicted octanol–water partition coefficient (Wildman–Crippen LogP) is 2.64. The molecular weight excluding hydrogens is 264 g/mol. The molecule has 2 heterocycles. The maximum atomic E-state index is 12.1. The Kier molecular flexibility index (Phi) is 4.05. The van der Waals surface area contributed by atoms with Crippen molar-refractivity contribution in [1.29, 1.82) is 0 Å². The fourth-order valence-corrected chi connectivity index (χ4v) is 2.47. The molecule has 21 heavy (non-hydrogen) atoms. The number of amides is 1. The quantitative estimate of drug-likeness (QED) is 0.812. The van der Waals surface area contributed by atoms with Crippen molar-refractivity contribution in [1.82, 2.24) is 4.90 Å². The van der Waals surface area contributed by atoms with Crippen molar-refractivity contribution >= 4 is 17.7 Å². The van der Waals surface area contributed by atoms with Gasteiger partial charge >= 0.3 is 0 Å². The first kappa shape index (κ1) is 13.5. The summed E-state index contributed by atoms with van der Waals surface area (Å²) in [6.07, 6.45) is 4.89. The number of hydrogen-bond donors (Lipinski definition) is 0. The molecule has 0 atom stereocenters. The van der Waals surface area contributed by atoms with Gasteiger partial charge in [0.05, 0.1) is 6.26 Å². The van der Waals surface area contributed by atoms with Crippen molar-refractivity contribution in [3.8, 4) is 0 Å². The number of furan rings is 1. The molecule has 108 valence electrons. The lowest BCUT2D eigenvalue weighted by atomic mass is 10.2. The van der Waals surface area contributed by atoms with Crippen LogP contribution in [0.1, 0.15) is 5.76 Å². The topological polar surface area (TPSA) is 36.7 Å². The average molecular weight is 282 g/mol. The molecule has 0 saturated carbocycles. The van der Waals surface area contributed by atoms with E-state index in [-0.39, 0.29) is 5.91 Å². The predicted molar refractivity (Wildman–Crippen MR) is 83.0 cm³/mol. The minimum Gasteiger partial charge on any atom is -0.465 e. The zero-order valence-electron chi connectivity index (χ0n) is 11.8. The summed E-state index contributed by atoms with van der Waals surface area (Å²) in [4.78, 5) is 16.3. The number of anilines is 1. The van der Waals surface area contributed by atoms with E-state index >= 15 is 0 Å². The Morgan fingerprint density at radius 3 is 2.43 bits per heavy atom. The van der Waals surface area contributed by atoms with E-state index < -0.39 is 0 Å². The van der Waals surface area contributed by atoms with Gasteiger partial charge in [-0.2, -0.15) is 0 Å². The summed E-state index contributed by atoms with van der Waals surface area (Å²) in [5.41, 5.74) is 1.22. The average Bonchev–Trinajstić information content (AvgIpc) is 3.07. The van der Waals surface area contributed by atoms with Crippen LogP contribution in [0, 0.1) is 0 Å². The molecule has 1 aliphatic heterocycles. The van der Waals surface area contributed by atoms with Crippen molar-refractivity contribution in [2.45, 2.75) is 0 Å². The lowest BCUT2D eigenvalue weighted by molar-refractivity contribution is -0.126. The fourth-order valence-electron chi connectivity index (χ4n) is 2.47. The second-order valence-corrected chi connectivity index (χ2v) is 5.00. The molecule has 0 bridgehead atoms. The van der Waals surface area contributed by atoms with Gasteiger partial charge in [-0.15, -0.1) is 0 Å². The van der Waals surface area contributed by atoms with Gasteiger partial charge in [-0.05, 0) is 30.3 Å². The molecule has 0 unspecified atom stereocenters. The molecule has 4 nitrogen and oxygen atoms in total. The number of carbonyl (C=O) groups is 1. The number of para-hydroxylation sites is 1. The van der Waals surface area contributed by atoms with Gasteiger partial charge in [0, 0.05) is 37.9 Å². The minimum absolute atomic E-state index is 0.0408. The maximum absolute atomic E-state index is 12.1. The summed E-state index contributed by atoms with van der Waals surface area (Å²) in [5.74, 6) is 0.741. The van der Waals surface area contributed by atoms with Crippen LogP contribution in [-0.4, -0.2) is 37.0 Å². The van der Waals surface area contributed by atoms with Crippen molar-refractivity contribution < 1.29 is 9.21 Å². The van der Waals surface area contributed by atoms with Gasteiger partial charge in [0.15, 0.2) is 0 Å². The van der Waals surface area contributed by atoms with E-state index in [0.29, 0.717) is 5.76 Å². The second kappa shape index (κ2) is 6.31. The molecule has 0 radical (unpaired) electrons. The van der Waals surface area contributed by atoms with Crippen LogP contribution in [0.15, 0.2) is 59.2 Å². The number of rotatable bonds is 3. The molecule has 3 rings (SSSR count). The molecule has 1 amide bonds. The first-order valence-corrected chi connectivity index (χ1v) is 7.13. The minimum atomic E-state index is 0.0408. The Morgan fingerprint density at radius 2 is 1.76 bits per heavy atom. The van der Waals surface area contributed by atoms with Crippen LogP contribution in [0.4, 0.5) is 5.69 Å². The molecule has 1 fully saturated rings. The van der Waals surface area contributed by atoms with E-state index in [1.54, 1.807) is 18.4 Å². The van der Waals surface area contributed by atoms with Crippen molar-refractivity contribution in [2.24, 2.45) is 0 Å². The summed E-state index contributed by atoms with van der Waals surface area (Å²) in [5, 5.41) is 0. The molecular formula is C17H18N2O2. The SMILES string of the molecule is O=C(/C=C/c1ccco1)N1CCN(c2ccccc2)CC1. The number of nitrogens with zero attached hydrogens (tertiary/aromatic N) is 2. The Morgan fingerprint density at radius 1 is 1.00 bits per heavy atom. The van der Waals surface area contributed by atoms with E-state index in [4.69, 9.17) is 4.42 Å². The molecule has 0 spiro atoms. The van der Waals surface area contributed by atoms with E-state index in [0.717, 1.165) is 26.2 Å². The molecule has 0 aliphatic carbocycles. The van der Waals surface area contributed by atoms with Gasteiger partial charge in [-0.3, -0.25) is 4.79 Å².